The molecule has 0 bridgehead atoms. The van der Waals surface area contributed by atoms with Crippen LogP contribution in [0.2, 0.25) is 0 Å². The van der Waals surface area contributed by atoms with Crippen molar-refractivity contribution in [3.63, 3.8) is 0 Å². The number of hydrogen-bond acceptors (Lipinski definition) is 4. The van der Waals surface area contributed by atoms with Gasteiger partial charge >= 0.3 is 0 Å². The Morgan fingerprint density at radius 1 is 1.00 bits per heavy atom. The van der Waals surface area contributed by atoms with Crippen molar-refractivity contribution in [2.24, 2.45) is 0 Å². The Labute approximate surface area is 192 Å². The molecule has 2 aliphatic heterocycles. The van der Waals surface area contributed by atoms with Crippen molar-refractivity contribution >= 4 is 46.6 Å². The highest BCUT2D eigenvalue weighted by molar-refractivity contribution is 7.80. The lowest BCUT2D eigenvalue weighted by Gasteiger charge is -2.29. The number of carbonyl (C=O) groups excluding carboxylic acids is 2. The van der Waals surface area contributed by atoms with E-state index in [0.717, 1.165) is 37.2 Å². The third-order valence-electron chi connectivity index (χ3n) is 5.92. The molecule has 2 amide bonds. The average molecular weight is 452 g/mol. The molecule has 166 valence electrons. The smallest absolute Gasteiger partial charge is 0.270 e. The van der Waals surface area contributed by atoms with Crippen LogP contribution in [0.5, 0.6) is 0 Å². The third-order valence-corrected chi connectivity index (χ3v) is 6.21. The van der Waals surface area contributed by atoms with Crippen LogP contribution in [0.25, 0.3) is 6.08 Å². The van der Waals surface area contributed by atoms with E-state index in [9.17, 15) is 14.0 Å². The predicted molar refractivity (Wildman–Crippen MR) is 129 cm³/mol. The van der Waals surface area contributed by atoms with Crippen molar-refractivity contribution in [3.05, 3.63) is 65.0 Å². The molecule has 0 radical (unpaired) electrons. The van der Waals surface area contributed by atoms with Gasteiger partial charge in [0.15, 0.2) is 5.11 Å². The van der Waals surface area contributed by atoms with Crippen LogP contribution in [-0.2, 0) is 9.59 Å². The monoisotopic (exact) mass is 451 g/mol. The van der Waals surface area contributed by atoms with Crippen molar-refractivity contribution < 1.29 is 14.0 Å². The first-order valence-corrected chi connectivity index (χ1v) is 11.3. The average Bonchev–Trinajstić information content (AvgIpc) is 2.78. The van der Waals surface area contributed by atoms with Gasteiger partial charge in [0.1, 0.15) is 11.4 Å². The van der Waals surface area contributed by atoms with E-state index in [1.807, 2.05) is 18.2 Å². The summed E-state index contributed by atoms with van der Waals surface area (Å²) in [6.07, 6.45) is 4.68. The molecule has 7 heteroatoms. The highest BCUT2D eigenvalue weighted by Crippen LogP contribution is 2.27. The maximum Gasteiger partial charge on any atom is 0.270 e. The minimum absolute atomic E-state index is 0.00960. The van der Waals surface area contributed by atoms with E-state index < -0.39 is 17.6 Å². The first kappa shape index (κ1) is 22.1. The summed E-state index contributed by atoms with van der Waals surface area (Å²) in [6, 6.07) is 12.4. The molecule has 2 aromatic rings. The SMILES string of the molecule is CC(C)c1ccc(N2C(=O)/C(=C/c3ccc(N4CCCCC4)cc3F)C(=O)NC2=S)cc1. The highest BCUT2D eigenvalue weighted by Gasteiger charge is 2.34. The van der Waals surface area contributed by atoms with Gasteiger partial charge in [-0.15, -0.1) is 0 Å². The van der Waals surface area contributed by atoms with Gasteiger partial charge in [0.2, 0.25) is 0 Å². The molecule has 2 saturated heterocycles. The number of nitrogens with one attached hydrogen (secondary N) is 1. The molecule has 0 saturated carbocycles. The van der Waals surface area contributed by atoms with Crippen LogP contribution in [-0.4, -0.2) is 30.0 Å². The number of piperidine rings is 1. The van der Waals surface area contributed by atoms with Crippen LogP contribution in [0.4, 0.5) is 15.8 Å². The molecule has 0 aromatic heterocycles. The fraction of sp³-hybridized carbons (Fsp3) is 0.320. The Bertz CT molecular complexity index is 1090. The van der Waals surface area contributed by atoms with Gasteiger partial charge < -0.3 is 4.90 Å². The van der Waals surface area contributed by atoms with E-state index in [2.05, 4.69) is 24.1 Å². The summed E-state index contributed by atoms with van der Waals surface area (Å²) in [7, 11) is 0. The number of anilines is 2. The summed E-state index contributed by atoms with van der Waals surface area (Å²) in [5.74, 6) is -1.33. The Morgan fingerprint density at radius 3 is 2.28 bits per heavy atom. The molecule has 0 aliphatic carbocycles. The zero-order valence-electron chi connectivity index (χ0n) is 18.2. The second kappa shape index (κ2) is 9.20. The molecule has 4 rings (SSSR count). The molecular weight excluding hydrogens is 425 g/mol. The predicted octanol–water partition coefficient (Wildman–Crippen LogP) is 4.77. The van der Waals surface area contributed by atoms with Crippen LogP contribution in [0.15, 0.2) is 48.0 Å². The van der Waals surface area contributed by atoms with E-state index in [1.165, 1.54) is 23.5 Å². The lowest BCUT2D eigenvalue weighted by atomic mass is 10.0. The first-order valence-electron chi connectivity index (χ1n) is 10.9. The van der Waals surface area contributed by atoms with Gasteiger partial charge in [-0.05, 0) is 79.4 Å². The molecule has 2 fully saturated rings. The molecule has 0 unspecified atom stereocenters. The van der Waals surface area contributed by atoms with E-state index in [-0.39, 0.29) is 16.2 Å². The van der Waals surface area contributed by atoms with Gasteiger partial charge in [-0.25, -0.2) is 4.39 Å². The van der Waals surface area contributed by atoms with Crippen LogP contribution < -0.4 is 15.1 Å². The number of thiocarbonyl (C=S) groups is 1. The Balaban J connectivity index is 1.62. The summed E-state index contributed by atoms with van der Waals surface area (Å²) in [5, 5.41) is 2.56. The van der Waals surface area contributed by atoms with Crippen LogP contribution in [0.1, 0.15) is 50.2 Å². The van der Waals surface area contributed by atoms with Crippen molar-refractivity contribution in [3.8, 4) is 0 Å². The Hall–Kier alpha value is -3.06. The number of nitrogens with zero attached hydrogens (tertiary/aromatic N) is 2. The van der Waals surface area contributed by atoms with E-state index >= 15 is 0 Å². The number of carbonyl (C=O) groups is 2. The third kappa shape index (κ3) is 4.43. The van der Waals surface area contributed by atoms with Crippen molar-refractivity contribution in [2.75, 3.05) is 22.9 Å². The molecule has 32 heavy (non-hydrogen) atoms. The fourth-order valence-corrected chi connectivity index (χ4v) is 4.32. The van der Waals surface area contributed by atoms with Crippen LogP contribution >= 0.6 is 12.2 Å². The number of halogens is 1. The van der Waals surface area contributed by atoms with E-state index in [1.54, 1.807) is 18.2 Å². The Kier molecular flexibility index (Phi) is 6.37. The van der Waals surface area contributed by atoms with Gasteiger partial charge in [-0.2, -0.15) is 0 Å². The zero-order chi connectivity index (χ0) is 22.8. The summed E-state index contributed by atoms with van der Waals surface area (Å²) < 4.78 is 14.9. The van der Waals surface area contributed by atoms with Crippen molar-refractivity contribution in [1.82, 2.24) is 5.32 Å². The van der Waals surface area contributed by atoms with Crippen molar-refractivity contribution in [2.45, 2.75) is 39.0 Å². The standard InChI is InChI=1S/C25H26FN3O2S/c1-16(2)17-6-9-19(10-7-17)29-24(31)21(23(30)27-25(29)32)14-18-8-11-20(15-22(18)26)28-12-4-3-5-13-28/h6-11,14-16H,3-5,12-13H2,1-2H3,(H,27,30,32)/b21-14+. The first-order chi connectivity index (χ1) is 15.3. The number of rotatable bonds is 4. The molecule has 0 spiro atoms. The van der Waals surface area contributed by atoms with Crippen LogP contribution in [0, 0.1) is 5.82 Å². The summed E-state index contributed by atoms with van der Waals surface area (Å²) in [5.41, 5.74) is 2.52. The molecule has 5 nitrogen and oxygen atoms in total. The molecule has 0 atom stereocenters. The molecular formula is C25H26FN3O2S. The second-order valence-corrected chi connectivity index (χ2v) is 8.84. The Morgan fingerprint density at radius 2 is 1.66 bits per heavy atom. The van der Waals surface area contributed by atoms with Gasteiger partial charge in [-0.3, -0.25) is 19.8 Å². The lowest BCUT2D eigenvalue weighted by Crippen LogP contribution is -2.54. The van der Waals surface area contributed by atoms with E-state index in [0.29, 0.717) is 11.6 Å². The summed E-state index contributed by atoms with van der Waals surface area (Å²) >= 11 is 5.25. The molecule has 2 heterocycles. The van der Waals surface area contributed by atoms with Gasteiger partial charge in [0.05, 0.1) is 5.69 Å². The van der Waals surface area contributed by atoms with Crippen molar-refractivity contribution in [1.29, 1.82) is 0 Å². The van der Waals surface area contributed by atoms with E-state index in [4.69, 9.17) is 12.2 Å². The molecule has 2 aromatic carbocycles. The van der Waals surface area contributed by atoms with Gasteiger partial charge in [-0.1, -0.05) is 26.0 Å². The number of hydrogen-bond donors (Lipinski definition) is 1. The maximum absolute atomic E-state index is 14.9. The number of benzene rings is 2. The summed E-state index contributed by atoms with van der Waals surface area (Å²) in [6.45, 7) is 5.97. The topological polar surface area (TPSA) is 52.7 Å². The minimum atomic E-state index is -0.630. The zero-order valence-corrected chi connectivity index (χ0v) is 19.0. The lowest BCUT2D eigenvalue weighted by molar-refractivity contribution is -0.122. The van der Waals surface area contributed by atoms with Gasteiger partial charge in [0.25, 0.3) is 11.8 Å². The highest BCUT2D eigenvalue weighted by atomic mass is 32.1. The quantitative estimate of drug-likeness (QED) is 0.413. The summed E-state index contributed by atoms with van der Waals surface area (Å²) in [4.78, 5) is 29.1. The van der Waals surface area contributed by atoms with Crippen LogP contribution in [0.3, 0.4) is 0 Å². The minimum Gasteiger partial charge on any atom is -0.371 e. The molecule has 1 N–H and O–H groups in total. The van der Waals surface area contributed by atoms with Gasteiger partial charge in [0, 0.05) is 24.3 Å². The molecule has 2 aliphatic rings. The number of amides is 2. The second-order valence-electron chi connectivity index (χ2n) is 8.46. The largest absolute Gasteiger partial charge is 0.371 e. The maximum atomic E-state index is 14.9. The normalized spacial score (nSPS) is 18.5. The fourth-order valence-electron chi connectivity index (χ4n) is 4.04.